The maximum atomic E-state index is 12.2. The van der Waals surface area contributed by atoms with Crippen LogP contribution in [-0.4, -0.2) is 28.5 Å². The second-order valence-electron chi connectivity index (χ2n) is 5.06. The first-order chi connectivity index (χ1) is 11.8. The molecule has 0 saturated carbocycles. The van der Waals surface area contributed by atoms with Crippen LogP contribution in [0, 0.1) is 0 Å². The molecule has 2 N–H and O–H groups in total. The van der Waals surface area contributed by atoms with Gasteiger partial charge in [0.25, 0.3) is 11.1 Å². The van der Waals surface area contributed by atoms with E-state index in [0.29, 0.717) is 38.9 Å². The van der Waals surface area contributed by atoms with Crippen LogP contribution in [0.5, 0.6) is 0 Å². The van der Waals surface area contributed by atoms with Crippen LogP contribution in [0.1, 0.15) is 5.76 Å². The number of hydrogen-bond donors (Lipinski definition) is 1. The zero-order valence-electron chi connectivity index (χ0n) is 12.5. The summed E-state index contributed by atoms with van der Waals surface area (Å²) in [6.45, 7) is -0.453. The first-order valence-electron chi connectivity index (χ1n) is 6.94. The number of rotatable bonds is 4. The van der Waals surface area contributed by atoms with E-state index in [1.165, 1.54) is 6.08 Å². The summed E-state index contributed by atoms with van der Waals surface area (Å²) in [6, 6.07) is 8.32. The fraction of sp³-hybridized carbons (Fsp3) is 0.0625. The molecule has 128 valence electrons. The van der Waals surface area contributed by atoms with E-state index >= 15 is 0 Å². The molecule has 6 nitrogen and oxygen atoms in total. The summed E-state index contributed by atoms with van der Waals surface area (Å²) in [5.74, 6) is -0.493. The molecule has 1 aliphatic rings. The second-order valence-corrected chi connectivity index (χ2v) is 6.90. The number of hydrogen-bond acceptors (Lipinski definition) is 5. The maximum Gasteiger partial charge on any atom is 0.294 e. The van der Waals surface area contributed by atoms with Crippen LogP contribution in [0.3, 0.4) is 0 Å². The lowest BCUT2D eigenvalue weighted by molar-refractivity contribution is -0.127. The summed E-state index contributed by atoms with van der Waals surface area (Å²) < 4.78 is 5.66. The largest absolute Gasteiger partial charge is 0.457 e. The number of carbonyl (C=O) groups excluding carboxylic acids is 3. The van der Waals surface area contributed by atoms with Gasteiger partial charge < -0.3 is 10.2 Å². The second kappa shape index (κ2) is 6.95. The van der Waals surface area contributed by atoms with Gasteiger partial charge in [-0.1, -0.05) is 23.2 Å². The maximum absolute atomic E-state index is 12.2. The standard InChI is InChI=1S/C16H10Cl2N2O4S/c17-8-1-3-10(11(18)5-8)12-4-2-9(24-12)6-13-15(22)20(7-14(19)21)16(23)25-13/h1-6H,7H2,(H2,19,21)/b13-6-. The van der Waals surface area contributed by atoms with E-state index in [1.54, 1.807) is 30.3 Å². The number of primary amides is 1. The van der Waals surface area contributed by atoms with Crippen molar-refractivity contribution >= 4 is 58.1 Å². The summed E-state index contributed by atoms with van der Waals surface area (Å²) in [7, 11) is 0. The van der Waals surface area contributed by atoms with E-state index in [9.17, 15) is 14.4 Å². The Morgan fingerprint density at radius 2 is 2.00 bits per heavy atom. The van der Waals surface area contributed by atoms with Crippen molar-refractivity contribution in [2.24, 2.45) is 5.73 Å². The molecule has 0 unspecified atom stereocenters. The fourth-order valence-corrected chi connectivity index (χ4v) is 3.51. The van der Waals surface area contributed by atoms with Crippen LogP contribution in [0.15, 0.2) is 39.7 Å². The Kier molecular flexibility index (Phi) is 4.89. The van der Waals surface area contributed by atoms with Crippen molar-refractivity contribution in [3.8, 4) is 11.3 Å². The molecule has 1 aromatic carbocycles. The fourth-order valence-electron chi connectivity index (χ4n) is 2.19. The minimum absolute atomic E-state index is 0.148. The van der Waals surface area contributed by atoms with Crippen LogP contribution in [-0.2, 0) is 9.59 Å². The van der Waals surface area contributed by atoms with E-state index in [2.05, 4.69) is 0 Å². The van der Waals surface area contributed by atoms with Crippen molar-refractivity contribution in [3.63, 3.8) is 0 Å². The Morgan fingerprint density at radius 3 is 2.68 bits per heavy atom. The molecular weight excluding hydrogens is 387 g/mol. The third-order valence-electron chi connectivity index (χ3n) is 3.28. The molecule has 3 amide bonds. The highest BCUT2D eigenvalue weighted by molar-refractivity contribution is 8.18. The number of nitrogens with zero attached hydrogens (tertiary/aromatic N) is 1. The SMILES string of the molecule is NC(=O)CN1C(=O)S/C(=C\c2ccc(-c3ccc(Cl)cc3Cl)o2)C1=O. The average molecular weight is 397 g/mol. The third-order valence-corrected chi connectivity index (χ3v) is 4.74. The van der Waals surface area contributed by atoms with Crippen LogP contribution < -0.4 is 5.73 Å². The molecular formula is C16H10Cl2N2O4S. The van der Waals surface area contributed by atoms with Gasteiger partial charge in [-0.25, -0.2) is 0 Å². The Bertz CT molecular complexity index is 923. The number of imide groups is 1. The number of halogens is 2. The first kappa shape index (κ1) is 17.6. The van der Waals surface area contributed by atoms with Gasteiger partial charge in [-0.05, 0) is 42.1 Å². The summed E-state index contributed by atoms with van der Waals surface area (Å²) in [5, 5.41) is 0.376. The van der Waals surface area contributed by atoms with Crippen molar-refractivity contribution in [1.29, 1.82) is 0 Å². The predicted octanol–water partition coefficient (Wildman–Crippen LogP) is 3.78. The van der Waals surface area contributed by atoms with Gasteiger partial charge in [-0.3, -0.25) is 19.3 Å². The van der Waals surface area contributed by atoms with Crippen molar-refractivity contribution in [1.82, 2.24) is 4.90 Å². The molecule has 9 heteroatoms. The smallest absolute Gasteiger partial charge is 0.294 e. The topological polar surface area (TPSA) is 93.6 Å². The summed E-state index contributed by atoms with van der Waals surface area (Å²) >= 11 is 12.7. The first-order valence-corrected chi connectivity index (χ1v) is 8.51. The Labute approximate surface area is 156 Å². The molecule has 1 aliphatic heterocycles. The lowest BCUT2D eigenvalue weighted by Gasteiger charge is -2.08. The van der Waals surface area contributed by atoms with Gasteiger partial charge in [-0.2, -0.15) is 0 Å². The van der Waals surface area contributed by atoms with E-state index in [-0.39, 0.29) is 4.91 Å². The summed E-state index contributed by atoms with van der Waals surface area (Å²) in [6.07, 6.45) is 1.43. The highest BCUT2D eigenvalue weighted by Gasteiger charge is 2.36. The number of thioether (sulfide) groups is 1. The molecule has 2 aromatic rings. The number of carbonyl (C=O) groups is 3. The highest BCUT2D eigenvalue weighted by atomic mass is 35.5. The molecule has 0 atom stereocenters. The van der Waals surface area contributed by atoms with Crippen LogP contribution in [0.4, 0.5) is 4.79 Å². The predicted molar refractivity (Wildman–Crippen MR) is 96.0 cm³/mol. The van der Waals surface area contributed by atoms with Gasteiger partial charge in [-0.15, -0.1) is 0 Å². The van der Waals surface area contributed by atoms with Gasteiger partial charge in [0.2, 0.25) is 5.91 Å². The summed E-state index contributed by atoms with van der Waals surface area (Å²) in [5.41, 5.74) is 5.68. The van der Waals surface area contributed by atoms with Gasteiger partial charge in [0.15, 0.2) is 0 Å². The van der Waals surface area contributed by atoms with Crippen molar-refractivity contribution in [3.05, 3.63) is 51.0 Å². The van der Waals surface area contributed by atoms with Gasteiger partial charge >= 0.3 is 0 Å². The molecule has 1 aromatic heterocycles. The lowest BCUT2D eigenvalue weighted by atomic mass is 10.2. The number of furan rings is 1. The minimum atomic E-state index is -0.763. The third kappa shape index (κ3) is 3.73. The zero-order valence-corrected chi connectivity index (χ0v) is 14.8. The number of amides is 3. The van der Waals surface area contributed by atoms with Crippen LogP contribution in [0.25, 0.3) is 17.4 Å². The van der Waals surface area contributed by atoms with Crippen molar-refractivity contribution in [2.75, 3.05) is 6.54 Å². The average Bonchev–Trinajstić information content (AvgIpc) is 3.08. The number of benzene rings is 1. The molecule has 0 bridgehead atoms. The molecule has 0 aliphatic carbocycles. The molecule has 2 heterocycles. The highest BCUT2D eigenvalue weighted by Crippen LogP contribution is 2.35. The van der Waals surface area contributed by atoms with Crippen molar-refractivity contribution in [2.45, 2.75) is 0 Å². The molecule has 0 radical (unpaired) electrons. The van der Waals surface area contributed by atoms with Gasteiger partial charge in [0.1, 0.15) is 18.1 Å². The Balaban J connectivity index is 1.86. The molecule has 0 spiro atoms. The monoisotopic (exact) mass is 396 g/mol. The zero-order chi connectivity index (χ0) is 18.1. The lowest BCUT2D eigenvalue weighted by Crippen LogP contribution is -2.36. The van der Waals surface area contributed by atoms with E-state index in [4.69, 9.17) is 33.4 Å². The normalized spacial score (nSPS) is 16.1. The van der Waals surface area contributed by atoms with Gasteiger partial charge in [0, 0.05) is 16.7 Å². The summed E-state index contributed by atoms with van der Waals surface area (Å²) in [4.78, 5) is 35.8. The molecule has 25 heavy (non-hydrogen) atoms. The van der Waals surface area contributed by atoms with E-state index in [0.717, 1.165) is 4.90 Å². The molecule has 1 fully saturated rings. The van der Waals surface area contributed by atoms with Gasteiger partial charge in [0.05, 0.1) is 9.93 Å². The van der Waals surface area contributed by atoms with Crippen LogP contribution in [0.2, 0.25) is 10.0 Å². The molecule has 1 saturated heterocycles. The van der Waals surface area contributed by atoms with E-state index < -0.39 is 23.6 Å². The Morgan fingerprint density at radius 1 is 1.24 bits per heavy atom. The van der Waals surface area contributed by atoms with E-state index in [1.807, 2.05) is 0 Å². The molecule has 3 rings (SSSR count). The Hall–Kier alpha value is -2.22. The van der Waals surface area contributed by atoms with Crippen LogP contribution >= 0.6 is 35.0 Å². The van der Waals surface area contributed by atoms with Crippen molar-refractivity contribution < 1.29 is 18.8 Å². The minimum Gasteiger partial charge on any atom is -0.457 e. The quantitative estimate of drug-likeness (QED) is 0.793. The number of nitrogens with two attached hydrogens (primary N) is 1.